The highest BCUT2D eigenvalue weighted by Gasteiger charge is 2.21. The molecule has 0 radical (unpaired) electrons. The summed E-state index contributed by atoms with van der Waals surface area (Å²) in [5.41, 5.74) is 9.22. The van der Waals surface area contributed by atoms with E-state index in [1.807, 2.05) is 12.1 Å². The monoisotopic (exact) mass is 178 g/mol. The minimum atomic E-state index is 0.875. The summed E-state index contributed by atoms with van der Waals surface area (Å²) in [7, 11) is 3.78. The molecule has 1 aliphatic rings. The van der Waals surface area contributed by atoms with Crippen LogP contribution in [0.15, 0.2) is 12.1 Å². The maximum atomic E-state index is 5.88. The van der Waals surface area contributed by atoms with Crippen LogP contribution in [0, 0.1) is 0 Å². The average molecular weight is 178 g/mol. The van der Waals surface area contributed by atoms with Crippen molar-refractivity contribution >= 4 is 5.69 Å². The van der Waals surface area contributed by atoms with E-state index in [0.29, 0.717) is 0 Å². The SMILES string of the molecule is COc1ccc(N)c2c1CN(C)C2. The second kappa shape index (κ2) is 2.92. The third-order valence-corrected chi connectivity index (χ3v) is 2.50. The largest absolute Gasteiger partial charge is 0.496 e. The van der Waals surface area contributed by atoms with Gasteiger partial charge < -0.3 is 10.5 Å². The summed E-state index contributed by atoms with van der Waals surface area (Å²) >= 11 is 0. The number of hydrogen-bond acceptors (Lipinski definition) is 3. The zero-order valence-corrected chi connectivity index (χ0v) is 8.00. The van der Waals surface area contributed by atoms with Crippen molar-refractivity contribution in [3.63, 3.8) is 0 Å². The number of benzene rings is 1. The van der Waals surface area contributed by atoms with Crippen LogP contribution in [0.1, 0.15) is 11.1 Å². The Hall–Kier alpha value is -1.22. The molecule has 0 aromatic heterocycles. The van der Waals surface area contributed by atoms with Gasteiger partial charge in [-0.05, 0) is 24.7 Å². The Morgan fingerprint density at radius 1 is 1.31 bits per heavy atom. The highest BCUT2D eigenvalue weighted by Crippen LogP contribution is 2.33. The summed E-state index contributed by atoms with van der Waals surface area (Å²) in [6, 6.07) is 3.85. The molecule has 1 aromatic rings. The molecular formula is C10H14N2O. The number of fused-ring (bicyclic) bond motifs is 1. The first kappa shape index (κ1) is 8.38. The summed E-state index contributed by atoms with van der Waals surface area (Å²) in [4.78, 5) is 2.23. The van der Waals surface area contributed by atoms with Gasteiger partial charge in [0.2, 0.25) is 0 Å². The summed E-state index contributed by atoms with van der Waals surface area (Å²) in [5.74, 6) is 0.952. The Morgan fingerprint density at radius 2 is 2.00 bits per heavy atom. The molecule has 70 valence electrons. The van der Waals surface area contributed by atoms with Gasteiger partial charge in [-0.25, -0.2) is 0 Å². The zero-order valence-electron chi connectivity index (χ0n) is 8.00. The van der Waals surface area contributed by atoms with E-state index in [-0.39, 0.29) is 0 Å². The second-order valence-electron chi connectivity index (χ2n) is 3.49. The molecule has 1 aromatic carbocycles. The molecule has 13 heavy (non-hydrogen) atoms. The number of hydrogen-bond donors (Lipinski definition) is 1. The van der Waals surface area contributed by atoms with E-state index in [1.54, 1.807) is 7.11 Å². The predicted octanol–water partition coefficient (Wildman–Crippen LogP) is 1.22. The van der Waals surface area contributed by atoms with Gasteiger partial charge in [0, 0.05) is 24.3 Å². The Kier molecular flexibility index (Phi) is 1.88. The van der Waals surface area contributed by atoms with Crippen molar-refractivity contribution in [2.75, 3.05) is 19.9 Å². The third-order valence-electron chi connectivity index (χ3n) is 2.50. The third kappa shape index (κ3) is 1.25. The lowest BCUT2D eigenvalue weighted by Gasteiger charge is -2.07. The van der Waals surface area contributed by atoms with E-state index in [0.717, 1.165) is 24.5 Å². The fourth-order valence-electron chi connectivity index (χ4n) is 1.84. The van der Waals surface area contributed by atoms with Crippen LogP contribution in [-0.2, 0) is 13.1 Å². The number of nitrogens with two attached hydrogens (primary N) is 1. The van der Waals surface area contributed by atoms with Crippen molar-refractivity contribution in [3.8, 4) is 5.75 Å². The standard InChI is InChI=1S/C10H14N2O/c1-12-5-7-8(6-12)10(13-2)4-3-9(7)11/h3-4H,5-6,11H2,1-2H3. The average Bonchev–Trinajstić information content (AvgIpc) is 2.48. The van der Waals surface area contributed by atoms with Gasteiger partial charge in [-0.1, -0.05) is 0 Å². The number of nitrogen functional groups attached to an aromatic ring is 1. The van der Waals surface area contributed by atoms with Crippen molar-refractivity contribution in [1.29, 1.82) is 0 Å². The molecule has 1 heterocycles. The quantitative estimate of drug-likeness (QED) is 0.657. The maximum Gasteiger partial charge on any atom is 0.123 e. The molecule has 1 aliphatic heterocycles. The number of nitrogens with zero attached hydrogens (tertiary/aromatic N) is 1. The molecule has 2 N–H and O–H groups in total. The molecule has 3 heteroatoms. The minimum Gasteiger partial charge on any atom is -0.496 e. The molecule has 0 unspecified atom stereocenters. The lowest BCUT2D eigenvalue weighted by atomic mass is 10.1. The van der Waals surface area contributed by atoms with Crippen molar-refractivity contribution < 1.29 is 4.74 Å². The number of methoxy groups -OCH3 is 1. The lowest BCUT2D eigenvalue weighted by molar-refractivity contribution is 0.346. The van der Waals surface area contributed by atoms with Gasteiger partial charge >= 0.3 is 0 Å². The van der Waals surface area contributed by atoms with Gasteiger partial charge in [0.05, 0.1) is 7.11 Å². The van der Waals surface area contributed by atoms with Crippen LogP contribution in [0.25, 0.3) is 0 Å². The lowest BCUT2D eigenvalue weighted by Crippen LogP contribution is -2.08. The second-order valence-corrected chi connectivity index (χ2v) is 3.49. The van der Waals surface area contributed by atoms with E-state index in [1.165, 1.54) is 11.1 Å². The van der Waals surface area contributed by atoms with Gasteiger partial charge in [0.1, 0.15) is 5.75 Å². The highest BCUT2D eigenvalue weighted by molar-refractivity contribution is 5.57. The van der Waals surface area contributed by atoms with Crippen LogP contribution in [0.4, 0.5) is 5.69 Å². The summed E-state index contributed by atoms with van der Waals surface area (Å²) in [6.45, 7) is 1.86. The van der Waals surface area contributed by atoms with Crippen molar-refractivity contribution in [1.82, 2.24) is 4.90 Å². The van der Waals surface area contributed by atoms with Gasteiger partial charge in [-0.3, -0.25) is 4.90 Å². The molecule has 0 saturated heterocycles. The van der Waals surface area contributed by atoms with E-state index in [4.69, 9.17) is 10.5 Å². The molecule has 0 atom stereocenters. The molecule has 0 amide bonds. The van der Waals surface area contributed by atoms with Gasteiger partial charge in [-0.2, -0.15) is 0 Å². The Labute approximate surface area is 78.1 Å². The molecule has 3 nitrogen and oxygen atoms in total. The summed E-state index contributed by atoms with van der Waals surface area (Å²) in [5, 5.41) is 0. The van der Waals surface area contributed by atoms with E-state index >= 15 is 0 Å². The Bertz CT molecular complexity index is 336. The van der Waals surface area contributed by atoms with Gasteiger partial charge in [0.25, 0.3) is 0 Å². The smallest absolute Gasteiger partial charge is 0.123 e. The van der Waals surface area contributed by atoms with Crippen molar-refractivity contribution in [2.24, 2.45) is 0 Å². The van der Waals surface area contributed by atoms with Crippen LogP contribution < -0.4 is 10.5 Å². The highest BCUT2D eigenvalue weighted by atomic mass is 16.5. The molecule has 0 bridgehead atoms. The van der Waals surface area contributed by atoms with Gasteiger partial charge in [0.15, 0.2) is 0 Å². The first-order valence-electron chi connectivity index (χ1n) is 4.35. The Morgan fingerprint density at radius 3 is 2.69 bits per heavy atom. The molecule has 2 rings (SSSR count). The molecule has 0 aliphatic carbocycles. The number of ether oxygens (including phenoxy) is 1. The molecular weight excluding hydrogens is 164 g/mol. The topological polar surface area (TPSA) is 38.5 Å². The van der Waals surface area contributed by atoms with Crippen LogP contribution >= 0.6 is 0 Å². The summed E-state index contributed by atoms with van der Waals surface area (Å²) < 4.78 is 5.28. The van der Waals surface area contributed by atoms with E-state index in [2.05, 4.69) is 11.9 Å². The first-order valence-corrected chi connectivity index (χ1v) is 4.35. The first-order chi connectivity index (χ1) is 6.22. The zero-order chi connectivity index (χ0) is 9.42. The number of anilines is 1. The Balaban J connectivity index is 2.52. The van der Waals surface area contributed by atoms with E-state index < -0.39 is 0 Å². The molecule has 0 fully saturated rings. The summed E-state index contributed by atoms with van der Waals surface area (Å²) in [6.07, 6.45) is 0. The van der Waals surface area contributed by atoms with E-state index in [9.17, 15) is 0 Å². The van der Waals surface area contributed by atoms with Crippen molar-refractivity contribution in [2.45, 2.75) is 13.1 Å². The van der Waals surface area contributed by atoms with Gasteiger partial charge in [-0.15, -0.1) is 0 Å². The minimum absolute atomic E-state index is 0.875. The number of rotatable bonds is 1. The fraction of sp³-hybridized carbons (Fsp3) is 0.400. The fourth-order valence-corrected chi connectivity index (χ4v) is 1.84. The van der Waals surface area contributed by atoms with Crippen LogP contribution in [0.5, 0.6) is 5.75 Å². The molecule has 0 spiro atoms. The van der Waals surface area contributed by atoms with Crippen LogP contribution in [0.2, 0.25) is 0 Å². The van der Waals surface area contributed by atoms with Crippen LogP contribution in [0.3, 0.4) is 0 Å². The molecule has 0 saturated carbocycles. The normalized spacial score (nSPS) is 15.8. The maximum absolute atomic E-state index is 5.88. The van der Waals surface area contributed by atoms with Crippen molar-refractivity contribution in [3.05, 3.63) is 23.3 Å². The van der Waals surface area contributed by atoms with Crippen LogP contribution in [-0.4, -0.2) is 19.1 Å². The predicted molar refractivity (Wildman–Crippen MR) is 52.6 cm³/mol.